The second kappa shape index (κ2) is 9.23. The molecule has 0 aliphatic carbocycles. The van der Waals surface area contributed by atoms with Crippen molar-refractivity contribution in [2.45, 2.75) is 0 Å². The number of methoxy groups -OCH3 is 2. The molecule has 1 saturated heterocycles. The van der Waals surface area contributed by atoms with E-state index in [9.17, 15) is 9.59 Å². The van der Waals surface area contributed by atoms with Crippen LogP contribution in [0, 0.1) is 0 Å². The average Bonchev–Trinajstić information content (AvgIpc) is 2.74. The summed E-state index contributed by atoms with van der Waals surface area (Å²) in [5.74, 6) is 1.17. The number of ether oxygens (including phenoxy) is 2. The van der Waals surface area contributed by atoms with Gasteiger partial charge in [0, 0.05) is 17.3 Å². The summed E-state index contributed by atoms with van der Waals surface area (Å²) in [7, 11) is 3.13. The number of nitrogens with zero attached hydrogens (tertiary/aromatic N) is 1. The van der Waals surface area contributed by atoms with Crippen LogP contribution in [0.15, 0.2) is 48.5 Å². The molecule has 0 bridgehead atoms. The molecule has 3 rings (SSSR count). The first kappa shape index (κ1) is 19.7. The van der Waals surface area contributed by atoms with Crippen molar-refractivity contribution in [1.82, 2.24) is 4.90 Å². The van der Waals surface area contributed by atoms with Gasteiger partial charge in [0.15, 0.2) is 18.0 Å². The number of anilines is 1. The summed E-state index contributed by atoms with van der Waals surface area (Å²) in [6.45, 7) is 3.15. The normalized spacial score (nSPS) is 14.4. The molecule has 148 valence electrons. The lowest BCUT2D eigenvalue weighted by atomic mass is 10.2. The zero-order valence-electron chi connectivity index (χ0n) is 16.2. The summed E-state index contributed by atoms with van der Waals surface area (Å²) in [5, 5.41) is 2.90. The highest BCUT2D eigenvalue weighted by Crippen LogP contribution is 2.29. The SMILES string of the molecule is COc1ccc(NC(=O)C[NH+]2CCN(C(=O)c3ccccc3)CC2)cc1OC. The van der Waals surface area contributed by atoms with Crippen LogP contribution in [0.4, 0.5) is 5.69 Å². The Morgan fingerprint density at radius 1 is 1.00 bits per heavy atom. The number of hydrogen-bond donors (Lipinski definition) is 2. The summed E-state index contributed by atoms with van der Waals surface area (Å²) >= 11 is 0. The molecule has 0 spiro atoms. The highest BCUT2D eigenvalue weighted by atomic mass is 16.5. The quantitative estimate of drug-likeness (QED) is 0.769. The standard InChI is InChI=1S/C21H25N3O4/c1-27-18-9-8-17(14-19(18)28-2)22-20(25)15-23-10-12-24(13-11-23)21(26)16-6-4-3-5-7-16/h3-9,14H,10-13,15H2,1-2H3,(H,22,25)/p+1. The minimum Gasteiger partial charge on any atom is -0.493 e. The van der Waals surface area contributed by atoms with Crippen molar-refractivity contribution < 1.29 is 24.0 Å². The highest BCUT2D eigenvalue weighted by Gasteiger charge is 2.25. The molecule has 0 unspecified atom stereocenters. The number of nitrogens with one attached hydrogen (secondary N) is 2. The third-order valence-corrected chi connectivity index (χ3v) is 4.86. The first-order chi connectivity index (χ1) is 13.6. The monoisotopic (exact) mass is 384 g/mol. The molecule has 7 heteroatoms. The van der Waals surface area contributed by atoms with Gasteiger partial charge in [0.05, 0.1) is 40.4 Å². The van der Waals surface area contributed by atoms with Gasteiger partial charge < -0.3 is 24.6 Å². The second-order valence-electron chi connectivity index (χ2n) is 6.70. The maximum atomic E-state index is 12.5. The zero-order valence-corrected chi connectivity index (χ0v) is 16.2. The van der Waals surface area contributed by atoms with E-state index in [4.69, 9.17) is 9.47 Å². The molecule has 0 radical (unpaired) electrons. The Balaban J connectivity index is 1.49. The van der Waals surface area contributed by atoms with Crippen LogP contribution in [-0.2, 0) is 4.79 Å². The first-order valence-corrected chi connectivity index (χ1v) is 9.30. The Bertz CT molecular complexity index is 818. The second-order valence-corrected chi connectivity index (χ2v) is 6.70. The summed E-state index contributed by atoms with van der Waals surface area (Å²) in [6.07, 6.45) is 0. The van der Waals surface area contributed by atoms with Crippen LogP contribution in [0.2, 0.25) is 0 Å². The third kappa shape index (κ3) is 4.80. The maximum Gasteiger partial charge on any atom is 0.279 e. The molecule has 1 aliphatic heterocycles. The number of benzene rings is 2. The summed E-state index contributed by atoms with van der Waals surface area (Å²) in [6, 6.07) is 14.6. The molecule has 0 saturated carbocycles. The molecule has 2 N–H and O–H groups in total. The van der Waals surface area contributed by atoms with E-state index in [1.54, 1.807) is 32.4 Å². The fraction of sp³-hybridized carbons (Fsp3) is 0.333. The molecule has 1 heterocycles. The molecule has 1 aliphatic rings. The minimum absolute atomic E-state index is 0.0504. The Kier molecular flexibility index (Phi) is 6.49. The smallest absolute Gasteiger partial charge is 0.279 e. The van der Waals surface area contributed by atoms with Gasteiger partial charge in [0.2, 0.25) is 0 Å². The van der Waals surface area contributed by atoms with Gasteiger partial charge >= 0.3 is 0 Å². The number of rotatable bonds is 6. The molecule has 2 aromatic rings. The number of hydrogen-bond acceptors (Lipinski definition) is 4. The van der Waals surface area contributed by atoms with Gasteiger partial charge in [0.25, 0.3) is 11.8 Å². The predicted molar refractivity (Wildman–Crippen MR) is 106 cm³/mol. The fourth-order valence-electron chi connectivity index (χ4n) is 3.31. The van der Waals surface area contributed by atoms with E-state index in [2.05, 4.69) is 5.32 Å². The summed E-state index contributed by atoms with van der Waals surface area (Å²) in [4.78, 5) is 27.9. The lowest BCUT2D eigenvalue weighted by Gasteiger charge is -2.32. The van der Waals surface area contributed by atoms with Gasteiger partial charge in [-0.3, -0.25) is 9.59 Å². The lowest BCUT2D eigenvalue weighted by Crippen LogP contribution is -3.15. The molecular formula is C21H26N3O4+. The van der Waals surface area contributed by atoms with Crippen molar-refractivity contribution in [3.63, 3.8) is 0 Å². The topological polar surface area (TPSA) is 72.3 Å². The van der Waals surface area contributed by atoms with Crippen molar-refractivity contribution >= 4 is 17.5 Å². The molecule has 28 heavy (non-hydrogen) atoms. The van der Waals surface area contributed by atoms with Crippen LogP contribution >= 0.6 is 0 Å². The Morgan fingerprint density at radius 3 is 2.32 bits per heavy atom. The van der Waals surface area contributed by atoms with E-state index in [0.717, 1.165) is 18.0 Å². The van der Waals surface area contributed by atoms with Crippen LogP contribution in [0.25, 0.3) is 0 Å². The van der Waals surface area contributed by atoms with Crippen LogP contribution in [0.3, 0.4) is 0 Å². The molecule has 0 atom stereocenters. The largest absolute Gasteiger partial charge is 0.493 e. The third-order valence-electron chi connectivity index (χ3n) is 4.86. The van der Waals surface area contributed by atoms with E-state index in [-0.39, 0.29) is 11.8 Å². The van der Waals surface area contributed by atoms with Crippen LogP contribution in [-0.4, -0.2) is 63.7 Å². The Labute approximate surface area is 164 Å². The Hall–Kier alpha value is -3.06. The highest BCUT2D eigenvalue weighted by molar-refractivity contribution is 5.94. The van der Waals surface area contributed by atoms with E-state index in [1.807, 2.05) is 35.2 Å². The van der Waals surface area contributed by atoms with E-state index < -0.39 is 0 Å². The van der Waals surface area contributed by atoms with Crippen molar-refractivity contribution in [1.29, 1.82) is 0 Å². The molecule has 2 amide bonds. The predicted octanol–water partition coefficient (Wildman–Crippen LogP) is 0.683. The number of carbonyl (C=O) groups excluding carboxylic acids is 2. The summed E-state index contributed by atoms with van der Waals surface area (Å²) in [5.41, 5.74) is 1.37. The van der Waals surface area contributed by atoms with Crippen molar-refractivity contribution in [3.8, 4) is 11.5 Å². The molecule has 0 aromatic heterocycles. The molecule has 1 fully saturated rings. The number of piperazine rings is 1. The van der Waals surface area contributed by atoms with Gasteiger partial charge in [-0.1, -0.05) is 18.2 Å². The van der Waals surface area contributed by atoms with Crippen molar-refractivity contribution in [2.75, 3.05) is 52.3 Å². The maximum absolute atomic E-state index is 12.5. The fourth-order valence-corrected chi connectivity index (χ4v) is 3.31. The van der Waals surface area contributed by atoms with Crippen LogP contribution < -0.4 is 19.7 Å². The van der Waals surface area contributed by atoms with Crippen molar-refractivity contribution in [3.05, 3.63) is 54.1 Å². The average molecular weight is 384 g/mol. The molecule has 2 aromatic carbocycles. The van der Waals surface area contributed by atoms with Gasteiger partial charge in [-0.15, -0.1) is 0 Å². The van der Waals surface area contributed by atoms with E-state index in [1.165, 1.54) is 0 Å². The zero-order chi connectivity index (χ0) is 19.9. The number of carbonyl (C=O) groups is 2. The van der Waals surface area contributed by atoms with Gasteiger partial charge in [-0.2, -0.15) is 0 Å². The van der Waals surface area contributed by atoms with Crippen LogP contribution in [0.5, 0.6) is 11.5 Å². The van der Waals surface area contributed by atoms with E-state index >= 15 is 0 Å². The number of quaternary nitrogens is 1. The first-order valence-electron chi connectivity index (χ1n) is 9.30. The Morgan fingerprint density at radius 2 is 1.68 bits per heavy atom. The molecule has 7 nitrogen and oxygen atoms in total. The van der Waals surface area contributed by atoms with E-state index in [0.29, 0.717) is 42.4 Å². The van der Waals surface area contributed by atoms with Crippen LogP contribution in [0.1, 0.15) is 10.4 Å². The number of amides is 2. The van der Waals surface area contributed by atoms with Gasteiger partial charge in [-0.25, -0.2) is 0 Å². The molecular weight excluding hydrogens is 358 g/mol. The van der Waals surface area contributed by atoms with Crippen molar-refractivity contribution in [2.24, 2.45) is 0 Å². The lowest BCUT2D eigenvalue weighted by molar-refractivity contribution is -0.895. The van der Waals surface area contributed by atoms with Gasteiger partial charge in [-0.05, 0) is 24.3 Å². The minimum atomic E-state index is -0.0648. The van der Waals surface area contributed by atoms with Gasteiger partial charge in [0.1, 0.15) is 0 Å². The summed E-state index contributed by atoms with van der Waals surface area (Å²) < 4.78 is 10.5.